The molecule has 1 aliphatic carbocycles. The average molecular weight is 465 g/mol. The Kier molecular flexibility index (Phi) is 8.35. The molecule has 0 spiro atoms. The standard InChI is InChI=1S/C23H29ClN2O4S/c1-18-12-13-19(16-22(18)24)26(31(28,29)21-10-3-2-4-11-21)17-23(27)25-14-7-15-30-20-8-5-6-9-20/h2-4,10-13,16,20H,5-9,14-15,17H2,1H3,(H,25,27). The lowest BCUT2D eigenvalue weighted by atomic mass is 10.2. The van der Waals surface area contributed by atoms with Crippen molar-refractivity contribution in [2.24, 2.45) is 0 Å². The number of aryl methyl sites for hydroxylation is 1. The molecule has 0 radical (unpaired) electrons. The summed E-state index contributed by atoms with van der Waals surface area (Å²) in [5.41, 5.74) is 1.17. The first-order chi connectivity index (χ1) is 14.9. The fourth-order valence-corrected chi connectivity index (χ4v) is 5.17. The van der Waals surface area contributed by atoms with Crippen LogP contribution in [0.5, 0.6) is 0 Å². The van der Waals surface area contributed by atoms with E-state index in [2.05, 4.69) is 5.32 Å². The third kappa shape index (κ3) is 6.45. The van der Waals surface area contributed by atoms with Crippen LogP contribution in [-0.4, -0.2) is 40.1 Å². The zero-order chi connectivity index (χ0) is 22.3. The van der Waals surface area contributed by atoms with Crippen LogP contribution in [0.25, 0.3) is 0 Å². The molecular formula is C23H29ClN2O4S. The van der Waals surface area contributed by atoms with Crippen molar-refractivity contribution < 1.29 is 17.9 Å². The highest BCUT2D eigenvalue weighted by Gasteiger charge is 2.27. The number of anilines is 1. The predicted molar refractivity (Wildman–Crippen MR) is 123 cm³/mol. The van der Waals surface area contributed by atoms with Crippen molar-refractivity contribution in [3.05, 3.63) is 59.1 Å². The van der Waals surface area contributed by atoms with E-state index in [0.29, 0.717) is 36.4 Å². The number of ether oxygens (including phenoxy) is 1. The molecule has 0 aromatic heterocycles. The molecule has 6 nitrogen and oxygen atoms in total. The molecule has 0 unspecified atom stereocenters. The van der Waals surface area contributed by atoms with E-state index in [1.165, 1.54) is 25.0 Å². The average Bonchev–Trinajstić information content (AvgIpc) is 3.28. The second kappa shape index (κ2) is 11.0. The number of sulfonamides is 1. The topological polar surface area (TPSA) is 75.7 Å². The van der Waals surface area contributed by atoms with Crippen LogP contribution in [0.3, 0.4) is 0 Å². The van der Waals surface area contributed by atoms with Gasteiger partial charge in [0, 0.05) is 18.2 Å². The van der Waals surface area contributed by atoms with Gasteiger partial charge in [-0.2, -0.15) is 0 Å². The van der Waals surface area contributed by atoms with Gasteiger partial charge in [-0.15, -0.1) is 0 Å². The third-order valence-electron chi connectivity index (χ3n) is 5.36. The Morgan fingerprint density at radius 1 is 1.16 bits per heavy atom. The Labute approximate surface area is 189 Å². The monoisotopic (exact) mass is 464 g/mol. The summed E-state index contributed by atoms with van der Waals surface area (Å²) < 4.78 is 33.4. The highest BCUT2D eigenvalue weighted by atomic mass is 35.5. The van der Waals surface area contributed by atoms with E-state index in [4.69, 9.17) is 16.3 Å². The van der Waals surface area contributed by atoms with Gasteiger partial charge in [0.15, 0.2) is 0 Å². The van der Waals surface area contributed by atoms with Crippen molar-refractivity contribution in [3.63, 3.8) is 0 Å². The van der Waals surface area contributed by atoms with Gasteiger partial charge in [0.1, 0.15) is 6.54 Å². The number of nitrogens with zero attached hydrogens (tertiary/aromatic N) is 1. The SMILES string of the molecule is Cc1ccc(N(CC(=O)NCCCOC2CCCC2)S(=O)(=O)c2ccccc2)cc1Cl. The Morgan fingerprint density at radius 2 is 1.87 bits per heavy atom. The molecule has 0 bridgehead atoms. The van der Waals surface area contributed by atoms with Crippen LogP contribution < -0.4 is 9.62 Å². The zero-order valence-electron chi connectivity index (χ0n) is 17.7. The molecule has 1 amide bonds. The quantitative estimate of drug-likeness (QED) is 0.531. The second-order valence-electron chi connectivity index (χ2n) is 7.74. The Morgan fingerprint density at radius 3 is 2.55 bits per heavy atom. The van der Waals surface area contributed by atoms with Gasteiger partial charge in [0.05, 0.1) is 16.7 Å². The van der Waals surface area contributed by atoms with Crippen LogP contribution in [-0.2, 0) is 19.6 Å². The van der Waals surface area contributed by atoms with Crippen molar-refractivity contribution >= 4 is 33.2 Å². The van der Waals surface area contributed by atoms with Gasteiger partial charge in [0.2, 0.25) is 5.91 Å². The summed E-state index contributed by atoms with van der Waals surface area (Å²) >= 11 is 6.23. The molecular weight excluding hydrogens is 436 g/mol. The van der Waals surface area contributed by atoms with Crippen LogP contribution in [0.2, 0.25) is 5.02 Å². The molecule has 1 N–H and O–H groups in total. The second-order valence-corrected chi connectivity index (χ2v) is 10.0. The number of rotatable bonds is 10. The molecule has 2 aromatic rings. The Balaban J connectivity index is 1.66. The van der Waals surface area contributed by atoms with Crippen LogP contribution in [0.1, 0.15) is 37.7 Å². The van der Waals surface area contributed by atoms with E-state index in [1.54, 1.807) is 36.4 Å². The summed E-state index contributed by atoms with van der Waals surface area (Å²) in [4.78, 5) is 12.7. The summed E-state index contributed by atoms with van der Waals surface area (Å²) in [7, 11) is -3.94. The number of hydrogen-bond donors (Lipinski definition) is 1. The summed E-state index contributed by atoms with van der Waals surface area (Å²) in [6.07, 6.45) is 5.68. The molecule has 2 aromatic carbocycles. The zero-order valence-corrected chi connectivity index (χ0v) is 19.3. The first-order valence-electron chi connectivity index (χ1n) is 10.6. The maximum Gasteiger partial charge on any atom is 0.264 e. The normalized spacial score (nSPS) is 14.5. The summed E-state index contributed by atoms with van der Waals surface area (Å²) in [6.45, 7) is 2.52. The maximum absolute atomic E-state index is 13.3. The molecule has 168 valence electrons. The number of hydrogen-bond acceptors (Lipinski definition) is 4. The first kappa shape index (κ1) is 23.6. The molecule has 0 aliphatic heterocycles. The first-order valence-corrected chi connectivity index (χ1v) is 12.4. The maximum atomic E-state index is 13.3. The minimum Gasteiger partial charge on any atom is -0.378 e. The third-order valence-corrected chi connectivity index (χ3v) is 7.56. The summed E-state index contributed by atoms with van der Waals surface area (Å²) in [5.74, 6) is -0.378. The lowest BCUT2D eigenvalue weighted by Gasteiger charge is -2.24. The van der Waals surface area contributed by atoms with E-state index < -0.39 is 10.0 Å². The highest BCUT2D eigenvalue weighted by molar-refractivity contribution is 7.92. The fourth-order valence-electron chi connectivity index (χ4n) is 3.56. The Bertz CT molecular complexity index is 976. The highest BCUT2D eigenvalue weighted by Crippen LogP contribution is 2.28. The van der Waals surface area contributed by atoms with Crippen LogP contribution in [0, 0.1) is 6.92 Å². The summed E-state index contributed by atoms with van der Waals surface area (Å²) in [6, 6.07) is 13.0. The van der Waals surface area contributed by atoms with Crippen molar-refractivity contribution in [3.8, 4) is 0 Å². The molecule has 31 heavy (non-hydrogen) atoms. The van der Waals surface area contributed by atoms with Crippen molar-refractivity contribution in [1.29, 1.82) is 0 Å². The van der Waals surface area contributed by atoms with E-state index in [-0.39, 0.29) is 17.3 Å². The lowest BCUT2D eigenvalue weighted by molar-refractivity contribution is -0.119. The van der Waals surface area contributed by atoms with Gasteiger partial charge in [0.25, 0.3) is 10.0 Å². The predicted octanol–water partition coefficient (Wildman–Crippen LogP) is 4.31. The fraction of sp³-hybridized carbons (Fsp3) is 0.435. The van der Waals surface area contributed by atoms with Gasteiger partial charge in [-0.25, -0.2) is 8.42 Å². The molecule has 0 saturated heterocycles. The van der Waals surface area contributed by atoms with Crippen molar-refractivity contribution in [1.82, 2.24) is 5.32 Å². The van der Waals surface area contributed by atoms with E-state index in [1.807, 2.05) is 6.92 Å². The van der Waals surface area contributed by atoms with E-state index >= 15 is 0 Å². The molecule has 1 saturated carbocycles. The number of carbonyl (C=O) groups is 1. The minimum absolute atomic E-state index is 0.115. The Hall–Kier alpha value is -2.09. The van der Waals surface area contributed by atoms with Gasteiger partial charge in [-0.3, -0.25) is 9.10 Å². The van der Waals surface area contributed by atoms with Crippen molar-refractivity contribution in [2.75, 3.05) is 24.0 Å². The number of nitrogens with one attached hydrogen (secondary N) is 1. The smallest absolute Gasteiger partial charge is 0.264 e. The number of benzene rings is 2. The largest absolute Gasteiger partial charge is 0.378 e. The minimum atomic E-state index is -3.94. The molecule has 8 heteroatoms. The van der Waals surface area contributed by atoms with Crippen LogP contribution in [0.15, 0.2) is 53.4 Å². The van der Waals surface area contributed by atoms with Gasteiger partial charge < -0.3 is 10.1 Å². The lowest BCUT2D eigenvalue weighted by Crippen LogP contribution is -2.41. The number of halogens is 1. The van der Waals surface area contributed by atoms with E-state index in [9.17, 15) is 13.2 Å². The number of amides is 1. The van der Waals surface area contributed by atoms with Gasteiger partial charge in [-0.1, -0.05) is 48.7 Å². The molecule has 1 fully saturated rings. The van der Waals surface area contributed by atoms with Crippen LogP contribution in [0.4, 0.5) is 5.69 Å². The molecule has 0 heterocycles. The number of carbonyl (C=O) groups excluding carboxylic acids is 1. The van der Waals surface area contributed by atoms with Crippen LogP contribution >= 0.6 is 11.6 Å². The van der Waals surface area contributed by atoms with Gasteiger partial charge >= 0.3 is 0 Å². The van der Waals surface area contributed by atoms with E-state index in [0.717, 1.165) is 22.7 Å². The molecule has 0 atom stereocenters. The van der Waals surface area contributed by atoms with Gasteiger partial charge in [-0.05, 0) is 56.0 Å². The molecule has 1 aliphatic rings. The summed E-state index contributed by atoms with van der Waals surface area (Å²) in [5, 5.41) is 3.24. The molecule has 3 rings (SSSR count). The van der Waals surface area contributed by atoms with Crippen molar-refractivity contribution in [2.45, 2.75) is 50.0 Å².